The van der Waals surface area contributed by atoms with Crippen LogP contribution in [-0.2, 0) is 6.54 Å². The number of β-amino-alcohol motifs (C(OH)–C–C–N with tert-alkyl or cyclic N) is 1. The van der Waals surface area contributed by atoms with Crippen molar-refractivity contribution in [3.05, 3.63) is 47.4 Å². The summed E-state index contributed by atoms with van der Waals surface area (Å²) >= 11 is 6.08. The molecule has 2 heterocycles. The largest absolute Gasteiger partial charge is 0.392 e. The third kappa shape index (κ3) is 3.95. The third-order valence-electron chi connectivity index (χ3n) is 4.29. The second-order valence-electron chi connectivity index (χ2n) is 5.98. The van der Waals surface area contributed by atoms with Crippen LogP contribution in [-0.4, -0.2) is 52.3 Å². The molecule has 7 heteroatoms. The highest BCUT2D eigenvalue weighted by molar-refractivity contribution is 6.32. The highest BCUT2D eigenvalue weighted by Crippen LogP contribution is 2.26. The Hall–Kier alpha value is -1.89. The van der Waals surface area contributed by atoms with Crippen molar-refractivity contribution in [2.75, 3.05) is 30.8 Å². The minimum Gasteiger partial charge on any atom is -0.392 e. The minimum atomic E-state index is -0.293. The van der Waals surface area contributed by atoms with Gasteiger partial charge in [-0.05, 0) is 12.0 Å². The fourth-order valence-corrected chi connectivity index (χ4v) is 3.34. The number of hydrogen-bond acceptors (Lipinski definition) is 6. The second-order valence-corrected chi connectivity index (χ2v) is 6.34. The van der Waals surface area contributed by atoms with E-state index in [0.717, 1.165) is 13.0 Å². The van der Waals surface area contributed by atoms with Gasteiger partial charge in [0.15, 0.2) is 11.0 Å². The van der Waals surface area contributed by atoms with Gasteiger partial charge in [0.2, 0.25) is 0 Å². The molecule has 128 valence electrons. The Balaban J connectivity index is 1.66. The molecule has 0 bridgehead atoms. The molecular formula is C17H22ClN5O. The fourth-order valence-electron chi connectivity index (χ4n) is 3.12. The van der Waals surface area contributed by atoms with Gasteiger partial charge in [-0.3, -0.25) is 4.90 Å². The Morgan fingerprint density at radius 1 is 1.29 bits per heavy atom. The van der Waals surface area contributed by atoms with Crippen LogP contribution in [0.2, 0.25) is 5.15 Å². The SMILES string of the molecule is CNc1c(Cl)ncnc1NCC1CC(O)CN1Cc1ccccc1. The summed E-state index contributed by atoms with van der Waals surface area (Å²) in [6.07, 6.45) is 1.89. The summed E-state index contributed by atoms with van der Waals surface area (Å²) in [5.74, 6) is 0.679. The lowest BCUT2D eigenvalue weighted by Crippen LogP contribution is -2.34. The molecule has 1 aromatic heterocycles. The van der Waals surface area contributed by atoms with Crippen molar-refractivity contribution in [2.45, 2.75) is 25.1 Å². The van der Waals surface area contributed by atoms with Crippen LogP contribution in [0.15, 0.2) is 36.7 Å². The van der Waals surface area contributed by atoms with E-state index in [2.05, 4.69) is 37.6 Å². The Labute approximate surface area is 146 Å². The third-order valence-corrected chi connectivity index (χ3v) is 4.58. The number of benzene rings is 1. The molecule has 3 rings (SSSR count). The summed E-state index contributed by atoms with van der Waals surface area (Å²) in [6.45, 7) is 2.20. The van der Waals surface area contributed by atoms with Gasteiger partial charge in [0.1, 0.15) is 12.0 Å². The van der Waals surface area contributed by atoms with Crippen LogP contribution in [0.3, 0.4) is 0 Å². The Morgan fingerprint density at radius 2 is 2.08 bits per heavy atom. The Morgan fingerprint density at radius 3 is 2.83 bits per heavy atom. The monoisotopic (exact) mass is 347 g/mol. The number of anilines is 2. The van der Waals surface area contributed by atoms with Crippen molar-refractivity contribution in [3.8, 4) is 0 Å². The standard InChI is InChI=1S/C17H22ClN5O/c1-19-15-16(18)21-11-22-17(15)20-8-13-7-14(24)10-23(13)9-12-5-3-2-4-6-12/h2-6,11,13-14,19,24H,7-10H2,1H3,(H,20,21,22). The molecule has 1 aliphatic heterocycles. The first kappa shape index (κ1) is 17.0. The van der Waals surface area contributed by atoms with Gasteiger partial charge in [-0.15, -0.1) is 0 Å². The lowest BCUT2D eigenvalue weighted by atomic mass is 10.1. The molecule has 0 radical (unpaired) electrons. The molecule has 3 N–H and O–H groups in total. The van der Waals surface area contributed by atoms with E-state index in [1.165, 1.54) is 11.9 Å². The van der Waals surface area contributed by atoms with Crippen LogP contribution >= 0.6 is 11.6 Å². The molecule has 0 saturated carbocycles. The van der Waals surface area contributed by atoms with Crippen molar-refractivity contribution in [2.24, 2.45) is 0 Å². The van der Waals surface area contributed by atoms with Crippen LogP contribution in [0.1, 0.15) is 12.0 Å². The highest BCUT2D eigenvalue weighted by atomic mass is 35.5. The van der Waals surface area contributed by atoms with Gasteiger partial charge >= 0.3 is 0 Å². The first-order valence-electron chi connectivity index (χ1n) is 8.05. The number of halogens is 1. The average Bonchev–Trinajstić information content (AvgIpc) is 2.93. The highest BCUT2D eigenvalue weighted by Gasteiger charge is 2.30. The zero-order valence-corrected chi connectivity index (χ0v) is 14.4. The molecule has 6 nitrogen and oxygen atoms in total. The first-order chi connectivity index (χ1) is 11.7. The van der Waals surface area contributed by atoms with E-state index in [0.29, 0.717) is 29.7 Å². The Kier molecular flexibility index (Phi) is 5.50. The summed E-state index contributed by atoms with van der Waals surface area (Å²) in [6, 6.07) is 10.5. The molecular weight excluding hydrogens is 326 g/mol. The summed E-state index contributed by atoms with van der Waals surface area (Å²) < 4.78 is 0. The molecule has 24 heavy (non-hydrogen) atoms. The molecule has 1 aromatic carbocycles. The number of nitrogens with one attached hydrogen (secondary N) is 2. The van der Waals surface area contributed by atoms with Crippen LogP contribution in [0, 0.1) is 0 Å². The lowest BCUT2D eigenvalue weighted by molar-refractivity contribution is 0.173. The topological polar surface area (TPSA) is 73.3 Å². The first-order valence-corrected chi connectivity index (χ1v) is 8.43. The fraction of sp³-hybridized carbons (Fsp3) is 0.412. The van der Waals surface area contributed by atoms with Gasteiger partial charge in [0, 0.05) is 32.7 Å². The summed E-state index contributed by atoms with van der Waals surface area (Å²) in [4.78, 5) is 10.5. The summed E-state index contributed by atoms with van der Waals surface area (Å²) in [5.41, 5.74) is 1.94. The second kappa shape index (κ2) is 7.79. The summed E-state index contributed by atoms with van der Waals surface area (Å²) in [7, 11) is 1.79. The number of aliphatic hydroxyl groups excluding tert-OH is 1. The van der Waals surface area contributed by atoms with Crippen molar-refractivity contribution in [1.29, 1.82) is 0 Å². The molecule has 2 aromatic rings. The van der Waals surface area contributed by atoms with Crippen LogP contribution in [0.5, 0.6) is 0 Å². The Bertz CT molecular complexity index is 669. The van der Waals surface area contributed by atoms with E-state index < -0.39 is 0 Å². The molecule has 1 aliphatic rings. The van der Waals surface area contributed by atoms with E-state index in [9.17, 15) is 5.11 Å². The van der Waals surface area contributed by atoms with Crippen molar-refractivity contribution >= 4 is 23.1 Å². The van der Waals surface area contributed by atoms with E-state index in [-0.39, 0.29) is 12.1 Å². The minimum absolute atomic E-state index is 0.235. The molecule has 0 aliphatic carbocycles. The molecule has 0 amide bonds. The normalized spacial score (nSPS) is 21.0. The van der Waals surface area contributed by atoms with Gasteiger partial charge in [-0.25, -0.2) is 9.97 Å². The predicted molar refractivity (Wildman–Crippen MR) is 96.3 cm³/mol. The zero-order valence-electron chi connectivity index (χ0n) is 13.6. The average molecular weight is 348 g/mol. The number of aromatic nitrogens is 2. The van der Waals surface area contributed by atoms with E-state index in [1.807, 2.05) is 18.2 Å². The lowest BCUT2D eigenvalue weighted by Gasteiger charge is -2.25. The smallest absolute Gasteiger partial charge is 0.157 e. The van der Waals surface area contributed by atoms with Crippen molar-refractivity contribution < 1.29 is 5.11 Å². The zero-order chi connectivity index (χ0) is 16.9. The maximum atomic E-state index is 10.1. The number of likely N-dealkylation sites (tertiary alicyclic amines) is 1. The molecule has 1 saturated heterocycles. The molecule has 0 spiro atoms. The van der Waals surface area contributed by atoms with E-state index in [4.69, 9.17) is 11.6 Å². The number of aliphatic hydroxyl groups is 1. The molecule has 2 atom stereocenters. The maximum absolute atomic E-state index is 10.1. The van der Waals surface area contributed by atoms with E-state index >= 15 is 0 Å². The predicted octanol–water partition coefficient (Wildman–Crippen LogP) is 2.22. The maximum Gasteiger partial charge on any atom is 0.157 e. The van der Waals surface area contributed by atoms with Crippen LogP contribution in [0.25, 0.3) is 0 Å². The number of hydrogen-bond donors (Lipinski definition) is 3. The van der Waals surface area contributed by atoms with Crippen molar-refractivity contribution in [1.82, 2.24) is 14.9 Å². The van der Waals surface area contributed by atoms with Crippen molar-refractivity contribution in [3.63, 3.8) is 0 Å². The van der Waals surface area contributed by atoms with E-state index in [1.54, 1.807) is 7.05 Å². The van der Waals surface area contributed by atoms with Gasteiger partial charge in [0.25, 0.3) is 0 Å². The molecule has 2 unspecified atom stereocenters. The van der Waals surface area contributed by atoms with Gasteiger partial charge in [0.05, 0.1) is 6.10 Å². The van der Waals surface area contributed by atoms with Gasteiger partial charge in [-0.2, -0.15) is 0 Å². The van der Waals surface area contributed by atoms with Crippen LogP contribution < -0.4 is 10.6 Å². The molecule has 1 fully saturated rings. The summed E-state index contributed by atoms with van der Waals surface area (Å²) in [5, 5.41) is 16.8. The quantitative estimate of drug-likeness (QED) is 0.696. The number of nitrogens with zero attached hydrogens (tertiary/aromatic N) is 3. The van der Waals surface area contributed by atoms with Gasteiger partial charge < -0.3 is 15.7 Å². The number of rotatable bonds is 6. The van der Waals surface area contributed by atoms with Crippen LogP contribution in [0.4, 0.5) is 11.5 Å². The van der Waals surface area contributed by atoms with Gasteiger partial charge in [-0.1, -0.05) is 41.9 Å².